The Hall–Kier alpha value is -2.00. The van der Waals surface area contributed by atoms with Gasteiger partial charge in [-0.3, -0.25) is 0 Å². The second kappa shape index (κ2) is 4.59. The second-order valence-corrected chi connectivity index (χ2v) is 4.88. The Morgan fingerprint density at radius 3 is 2.79 bits per heavy atom. The molecule has 96 valence electrons. The Morgan fingerprint density at radius 1 is 1.16 bits per heavy atom. The zero-order valence-electron chi connectivity index (χ0n) is 10.7. The van der Waals surface area contributed by atoms with E-state index in [1.165, 1.54) is 5.56 Å². The molecule has 0 amide bonds. The van der Waals surface area contributed by atoms with Crippen LogP contribution in [0.15, 0.2) is 42.7 Å². The van der Waals surface area contributed by atoms with Crippen LogP contribution in [0, 0.1) is 6.92 Å². The maximum absolute atomic E-state index is 6.06. The highest BCUT2D eigenvalue weighted by Gasteiger charge is 2.10. The molecule has 0 radical (unpaired) electrons. The van der Waals surface area contributed by atoms with Gasteiger partial charge in [-0.2, -0.15) is 0 Å². The van der Waals surface area contributed by atoms with Crippen LogP contribution in [0.5, 0.6) is 5.75 Å². The summed E-state index contributed by atoms with van der Waals surface area (Å²) >= 11 is 6.06. The number of benzene rings is 1. The molecule has 0 saturated carbocycles. The zero-order valence-corrected chi connectivity index (χ0v) is 11.5. The van der Waals surface area contributed by atoms with E-state index in [4.69, 9.17) is 16.3 Å². The lowest BCUT2D eigenvalue weighted by Crippen LogP contribution is -1.87. The summed E-state index contributed by atoms with van der Waals surface area (Å²) in [5.74, 6) is 0.768. The third-order valence-corrected chi connectivity index (χ3v) is 3.27. The first-order chi connectivity index (χ1) is 9.17. The number of hydrogen-bond acceptors (Lipinski definition) is 2. The summed E-state index contributed by atoms with van der Waals surface area (Å²) < 4.78 is 7.37. The molecule has 2 heterocycles. The number of hydrogen-bond donors (Lipinski definition) is 0. The van der Waals surface area contributed by atoms with Gasteiger partial charge in [0.2, 0.25) is 0 Å². The maximum Gasteiger partial charge on any atom is 0.137 e. The van der Waals surface area contributed by atoms with Crippen LogP contribution in [-0.4, -0.2) is 16.5 Å². The molecular weight excluding hydrogens is 260 g/mol. The van der Waals surface area contributed by atoms with Gasteiger partial charge in [0.05, 0.1) is 12.8 Å². The first kappa shape index (κ1) is 12.1. The maximum atomic E-state index is 6.06. The fraction of sp³-hybridized carbons (Fsp3) is 0.133. The van der Waals surface area contributed by atoms with E-state index in [2.05, 4.69) is 11.9 Å². The van der Waals surface area contributed by atoms with E-state index in [0.29, 0.717) is 5.02 Å². The van der Waals surface area contributed by atoms with Crippen molar-refractivity contribution in [1.29, 1.82) is 0 Å². The quantitative estimate of drug-likeness (QED) is 0.706. The molecular formula is C15H13ClN2O. The third kappa shape index (κ3) is 2.17. The normalized spacial score (nSPS) is 10.9. The molecule has 0 aliphatic carbocycles. The van der Waals surface area contributed by atoms with Crippen molar-refractivity contribution in [1.82, 2.24) is 9.38 Å². The fourth-order valence-electron chi connectivity index (χ4n) is 2.11. The first-order valence-electron chi connectivity index (χ1n) is 5.96. The summed E-state index contributed by atoms with van der Waals surface area (Å²) in [6.45, 7) is 2.05. The predicted octanol–water partition coefficient (Wildman–Crippen LogP) is 3.97. The Labute approximate surface area is 116 Å². The number of fused-ring (bicyclic) bond motifs is 1. The van der Waals surface area contributed by atoms with Crippen LogP contribution < -0.4 is 4.74 Å². The minimum absolute atomic E-state index is 0.670. The van der Waals surface area contributed by atoms with Gasteiger partial charge in [-0.05, 0) is 36.8 Å². The Kier molecular flexibility index (Phi) is 2.91. The minimum Gasteiger partial charge on any atom is -0.496 e. The van der Waals surface area contributed by atoms with Gasteiger partial charge < -0.3 is 9.14 Å². The Morgan fingerprint density at radius 2 is 2.00 bits per heavy atom. The van der Waals surface area contributed by atoms with Gasteiger partial charge in [-0.25, -0.2) is 4.98 Å². The van der Waals surface area contributed by atoms with E-state index < -0.39 is 0 Å². The molecule has 3 nitrogen and oxygen atoms in total. The molecule has 0 aliphatic heterocycles. The lowest BCUT2D eigenvalue weighted by Gasteiger charge is -2.05. The molecule has 4 heteroatoms. The Balaban J connectivity index is 2.21. The van der Waals surface area contributed by atoms with Crippen molar-refractivity contribution >= 4 is 17.2 Å². The van der Waals surface area contributed by atoms with Crippen molar-refractivity contribution < 1.29 is 4.74 Å². The number of rotatable bonds is 2. The van der Waals surface area contributed by atoms with Gasteiger partial charge in [0.15, 0.2) is 0 Å². The predicted molar refractivity (Wildman–Crippen MR) is 76.9 cm³/mol. The lowest BCUT2D eigenvalue weighted by atomic mass is 10.1. The fourth-order valence-corrected chi connectivity index (χ4v) is 2.29. The van der Waals surface area contributed by atoms with Gasteiger partial charge in [0.25, 0.3) is 0 Å². The number of nitrogens with zero attached hydrogens (tertiary/aromatic N) is 2. The highest BCUT2D eigenvalue weighted by atomic mass is 35.5. The number of methoxy groups -OCH3 is 1. The molecule has 2 aromatic heterocycles. The average Bonchev–Trinajstić information content (AvgIpc) is 2.81. The summed E-state index contributed by atoms with van der Waals surface area (Å²) in [4.78, 5) is 4.60. The van der Waals surface area contributed by atoms with Crippen molar-refractivity contribution in [3.05, 3.63) is 53.3 Å². The van der Waals surface area contributed by atoms with Crippen LogP contribution in [0.4, 0.5) is 0 Å². The topological polar surface area (TPSA) is 26.5 Å². The van der Waals surface area contributed by atoms with E-state index in [-0.39, 0.29) is 0 Å². The average molecular weight is 273 g/mol. The summed E-state index contributed by atoms with van der Waals surface area (Å²) in [7, 11) is 1.65. The second-order valence-electron chi connectivity index (χ2n) is 4.44. The number of halogens is 1. The molecule has 3 rings (SSSR count). The summed E-state index contributed by atoms with van der Waals surface area (Å²) in [6.07, 6.45) is 4.03. The van der Waals surface area contributed by atoms with Crippen molar-refractivity contribution in [3.63, 3.8) is 0 Å². The first-order valence-corrected chi connectivity index (χ1v) is 6.34. The van der Waals surface area contributed by atoms with E-state index >= 15 is 0 Å². The molecule has 0 bridgehead atoms. The zero-order chi connectivity index (χ0) is 13.4. The van der Waals surface area contributed by atoms with Crippen molar-refractivity contribution in [2.24, 2.45) is 0 Å². The Bertz CT molecular complexity index is 749. The van der Waals surface area contributed by atoms with Gasteiger partial charge in [-0.15, -0.1) is 0 Å². The standard InChI is InChI=1S/C15H13ClN2O/c1-10-3-6-15-17-13(9-18(15)8-10)12-7-11(16)4-5-14(12)19-2/h3-9H,1-2H3. The molecule has 19 heavy (non-hydrogen) atoms. The lowest BCUT2D eigenvalue weighted by molar-refractivity contribution is 0.416. The van der Waals surface area contributed by atoms with Gasteiger partial charge in [-0.1, -0.05) is 17.7 Å². The number of aryl methyl sites for hydroxylation is 1. The van der Waals surface area contributed by atoms with E-state index in [9.17, 15) is 0 Å². The molecule has 0 aliphatic rings. The summed E-state index contributed by atoms with van der Waals surface area (Å²) in [6, 6.07) is 9.57. The number of aromatic nitrogens is 2. The summed E-state index contributed by atoms with van der Waals surface area (Å²) in [5.41, 5.74) is 3.85. The van der Waals surface area contributed by atoms with Crippen molar-refractivity contribution in [3.8, 4) is 17.0 Å². The smallest absolute Gasteiger partial charge is 0.137 e. The van der Waals surface area contributed by atoms with Crippen LogP contribution in [0.3, 0.4) is 0 Å². The molecule has 0 fully saturated rings. The molecule has 3 aromatic rings. The monoisotopic (exact) mass is 272 g/mol. The molecule has 0 atom stereocenters. The highest BCUT2D eigenvalue weighted by molar-refractivity contribution is 6.30. The highest BCUT2D eigenvalue weighted by Crippen LogP contribution is 2.32. The molecule has 0 N–H and O–H groups in total. The third-order valence-electron chi connectivity index (χ3n) is 3.04. The number of ether oxygens (including phenoxy) is 1. The molecule has 0 spiro atoms. The van der Waals surface area contributed by atoms with Gasteiger partial charge in [0, 0.05) is 23.0 Å². The molecule has 0 unspecified atom stereocenters. The van der Waals surface area contributed by atoms with E-state index in [0.717, 1.165) is 22.7 Å². The van der Waals surface area contributed by atoms with Gasteiger partial charge >= 0.3 is 0 Å². The van der Waals surface area contributed by atoms with Crippen LogP contribution in [-0.2, 0) is 0 Å². The van der Waals surface area contributed by atoms with E-state index in [1.54, 1.807) is 7.11 Å². The van der Waals surface area contributed by atoms with Crippen LogP contribution in [0.25, 0.3) is 16.9 Å². The minimum atomic E-state index is 0.670. The van der Waals surface area contributed by atoms with E-state index in [1.807, 2.05) is 47.1 Å². The summed E-state index contributed by atoms with van der Waals surface area (Å²) in [5, 5.41) is 0.670. The number of pyridine rings is 1. The van der Waals surface area contributed by atoms with Crippen LogP contribution in [0.1, 0.15) is 5.56 Å². The van der Waals surface area contributed by atoms with Crippen LogP contribution >= 0.6 is 11.6 Å². The molecule has 0 saturated heterocycles. The SMILES string of the molecule is COc1ccc(Cl)cc1-c1cn2cc(C)ccc2n1. The van der Waals surface area contributed by atoms with Crippen molar-refractivity contribution in [2.75, 3.05) is 7.11 Å². The largest absolute Gasteiger partial charge is 0.496 e. The van der Waals surface area contributed by atoms with Crippen molar-refractivity contribution in [2.45, 2.75) is 6.92 Å². The van der Waals surface area contributed by atoms with Crippen LogP contribution in [0.2, 0.25) is 5.02 Å². The number of imidazole rings is 1. The van der Waals surface area contributed by atoms with Gasteiger partial charge in [0.1, 0.15) is 11.4 Å². The molecule has 1 aromatic carbocycles.